The van der Waals surface area contributed by atoms with Crippen LogP contribution in [0.15, 0.2) is 51.3 Å². The Bertz CT molecular complexity index is 1060. The fourth-order valence-corrected chi connectivity index (χ4v) is 3.37. The Kier molecular flexibility index (Phi) is 5.67. The van der Waals surface area contributed by atoms with Gasteiger partial charge in [0.1, 0.15) is 0 Å². The van der Waals surface area contributed by atoms with Crippen molar-refractivity contribution in [2.75, 3.05) is 6.61 Å². The number of hydrogen-bond donors (Lipinski definition) is 3. The Morgan fingerprint density at radius 2 is 1.77 bits per heavy atom. The molecule has 10 heteroatoms. The van der Waals surface area contributed by atoms with Crippen LogP contribution in [-0.4, -0.2) is 44.9 Å². The lowest BCUT2D eigenvalue weighted by atomic mass is 9.80. The minimum Gasteiger partial charge on any atom is -0.478 e. The molecular formula is C20H19N3O7. The lowest BCUT2D eigenvalue weighted by Gasteiger charge is -2.28. The molecule has 10 nitrogen and oxygen atoms in total. The molecule has 1 aromatic heterocycles. The summed E-state index contributed by atoms with van der Waals surface area (Å²) < 4.78 is 9.73. The largest absolute Gasteiger partial charge is 0.478 e. The molecule has 0 saturated carbocycles. The van der Waals surface area contributed by atoms with Crippen LogP contribution < -0.4 is 5.32 Å². The number of rotatable bonds is 6. The number of aliphatic carboxylic acids is 2. The van der Waals surface area contributed by atoms with E-state index in [1.165, 1.54) is 0 Å². The molecule has 1 aliphatic rings. The van der Waals surface area contributed by atoms with Gasteiger partial charge >= 0.3 is 23.8 Å². The van der Waals surface area contributed by atoms with E-state index in [1.807, 2.05) is 0 Å². The van der Waals surface area contributed by atoms with Crippen LogP contribution in [0.2, 0.25) is 0 Å². The number of carboxylic acids is 2. The van der Waals surface area contributed by atoms with Crippen LogP contribution in [0.25, 0.3) is 11.4 Å². The van der Waals surface area contributed by atoms with Gasteiger partial charge in [0.2, 0.25) is 5.82 Å². The number of esters is 1. The van der Waals surface area contributed by atoms with E-state index in [9.17, 15) is 24.6 Å². The first-order chi connectivity index (χ1) is 14.2. The third-order valence-corrected chi connectivity index (χ3v) is 4.58. The predicted octanol–water partition coefficient (Wildman–Crippen LogP) is 2.32. The first-order valence-electron chi connectivity index (χ1n) is 9.00. The SMILES string of the molecule is CCOC(=O)c1nc(-c2cccc(C3C(C(=O)O)=C(C)NC(C)=C3C(=O)O)c2)no1. The molecule has 1 aliphatic heterocycles. The van der Waals surface area contributed by atoms with Gasteiger partial charge in [-0.25, -0.2) is 14.4 Å². The molecule has 3 rings (SSSR count). The molecule has 1 aromatic carbocycles. The highest BCUT2D eigenvalue weighted by molar-refractivity contribution is 5.98. The number of carboxylic acid groups (broad SMARTS) is 2. The molecule has 0 fully saturated rings. The second-order valence-corrected chi connectivity index (χ2v) is 6.51. The zero-order chi connectivity index (χ0) is 22.0. The standard InChI is InChI=1S/C20H19N3O7/c1-4-29-20(28)17-22-16(23-30-17)12-7-5-6-11(8-12)15-13(18(24)25)9(2)21-10(3)14(15)19(26)27/h5-8,15,21H,4H2,1-3H3,(H,24,25)(H,26,27). The monoisotopic (exact) mass is 413 g/mol. The van der Waals surface area contributed by atoms with E-state index in [1.54, 1.807) is 45.0 Å². The maximum Gasteiger partial charge on any atom is 0.397 e. The highest BCUT2D eigenvalue weighted by Crippen LogP contribution is 2.39. The maximum absolute atomic E-state index is 11.9. The maximum atomic E-state index is 11.9. The van der Waals surface area contributed by atoms with Gasteiger partial charge in [-0.05, 0) is 32.4 Å². The molecule has 0 aliphatic carbocycles. The van der Waals surface area contributed by atoms with Crippen LogP contribution in [0.5, 0.6) is 0 Å². The molecule has 3 N–H and O–H groups in total. The van der Waals surface area contributed by atoms with Crippen LogP contribution in [0.4, 0.5) is 0 Å². The molecule has 2 heterocycles. The van der Waals surface area contributed by atoms with Gasteiger partial charge in [-0.15, -0.1) is 0 Å². The van der Waals surface area contributed by atoms with Crippen molar-refractivity contribution in [1.29, 1.82) is 0 Å². The second kappa shape index (κ2) is 8.19. The first kappa shape index (κ1) is 20.8. The van der Waals surface area contributed by atoms with E-state index in [-0.39, 0.29) is 29.5 Å². The van der Waals surface area contributed by atoms with Gasteiger partial charge in [0.15, 0.2) is 0 Å². The number of ether oxygens (including phenoxy) is 1. The Balaban J connectivity index is 2.09. The number of allylic oxidation sites excluding steroid dienone is 2. The molecule has 156 valence electrons. The van der Waals surface area contributed by atoms with Gasteiger partial charge < -0.3 is 24.8 Å². The summed E-state index contributed by atoms with van der Waals surface area (Å²) in [7, 11) is 0. The molecule has 2 aromatic rings. The molecule has 0 radical (unpaired) electrons. The summed E-state index contributed by atoms with van der Waals surface area (Å²) in [5.74, 6) is -4.47. The average molecular weight is 413 g/mol. The van der Waals surface area contributed by atoms with E-state index < -0.39 is 23.8 Å². The molecule has 0 unspecified atom stereocenters. The van der Waals surface area contributed by atoms with E-state index in [0.29, 0.717) is 22.5 Å². The van der Waals surface area contributed by atoms with E-state index in [2.05, 4.69) is 15.5 Å². The molecule has 0 amide bonds. The van der Waals surface area contributed by atoms with Gasteiger partial charge in [-0.2, -0.15) is 4.98 Å². The van der Waals surface area contributed by atoms with E-state index in [0.717, 1.165) is 0 Å². The van der Waals surface area contributed by atoms with Crippen molar-refractivity contribution in [2.24, 2.45) is 0 Å². The number of aromatic nitrogens is 2. The number of benzene rings is 1. The lowest BCUT2D eigenvalue weighted by Crippen LogP contribution is -2.31. The van der Waals surface area contributed by atoms with Crippen molar-refractivity contribution < 1.29 is 33.9 Å². The van der Waals surface area contributed by atoms with Gasteiger partial charge in [0.05, 0.1) is 23.7 Å². The summed E-state index contributed by atoms with van der Waals surface area (Å²) in [4.78, 5) is 39.6. The van der Waals surface area contributed by atoms with E-state index >= 15 is 0 Å². The third kappa shape index (κ3) is 3.79. The average Bonchev–Trinajstić information content (AvgIpc) is 3.17. The quantitative estimate of drug-likeness (QED) is 0.601. The lowest BCUT2D eigenvalue weighted by molar-refractivity contribution is -0.133. The summed E-state index contributed by atoms with van der Waals surface area (Å²) >= 11 is 0. The zero-order valence-corrected chi connectivity index (χ0v) is 16.4. The first-order valence-corrected chi connectivity index (χ1v) is 9.00. The predicted molar refractivity (Wildman–Crippen MR) is 102 cm³/mol. The highest BCUT2D eigenvalue weighted by atomic mass is 16.6. The van der Waals surface area contributed by atoms with Crippen LogP contribution in [-0.2, 0) is 14.3 Å². The topological polar surface area (TPSA) is 152 Å². The van der Waals surface area contributed by atoms with Crippen molar-refractivity contribution in [2.45, 2.75) is 26.7 Å². The number of nitrogens with zero attached hydrogens (tertiary/aromatic N) is 2. The molecule has 0 bridgehead atoms. The Labute approximate surface area is 170 Å². The van der Waals surface area contributed by atoms with Gasteiger partial charge in [-0.3, -0.25) is 0 Å². The van der Waals surface area contributed by atoms with Crippen LogP contribution >= 0.6 is 0 Å². The normalized spacial score (nSPS) is 14.5. The number of dihydropyridines is 1. The summed E-state index contributed by atoms with van der Waals surface area (Å²) in [5.41, 5.74) is 1.40. The van der Waals surface area contributed by atoms with Crippen molar-refractivity contribution in [1.82, 2.24) is 15.5 Å². The molecular weight excluding hydrogens is 394 g/mol. The van der Waals surface area contributed by atoms with Crippen molar-refractivity contribution in [3.05, 3.63) is 58.3 Å². The smallest absolute Gasteiger partial charge is 0.397 e. The van der Waals surface area contributed by atoms with Crippen LogP contribution in [0.1, 0.15) is 42.9 Å². The summed E-state index contributed by atoms with van der Waals surface area (Å²) in [6.07, 6.45) is 0. The fraction of sp³-hybridized carbons (Fsp3) is 0.250. The molecule has 30 heavy (non-hydrogen) atoms. The summed E-state index contributed by atoms with van der Waals surface area (Å²) in [5, 5.41) is 26.0. The number of hydrogen-bond acceptors (Lipinski definition) is 8. The summed E-state index contributed by atoms with van der Waals surface area (Å²) in [6.45, 7) is 4.94. The van der Waals surface area contributed by atoms with Crippen molar-refractivity contribution in [3.8, 4) is 11.4 Å². The summed E-state index contributed by atoms with van der Waals surface area (Å²) in [6, 6.07) is 6.45. The van der Waals surface area contributed by atoms with Gasteiger partial charge in [0.25, 0.3) is 0 Å². The number of nitrogens with one attached hydrogen (secondary N) is 1. The Morgan fingerprint density at radius 1 is 1.13 bits per heavy atom. The second-order valence-electron chi connectivity index (χ2n) is 6.51. The van der Waals surface area contributed by atoms with Crippen LogP contribution in [0, 0.1) is 0 Å². The molecule has 0 spiro atoms. The van der Waals surface area contributed by atoms with E-state index in [4.69, 9.17) is 9.26 Å². The van der Waals surface area contributed by atoms with Crippen LogP contribution in [0.3, 0.4) is 0 Å². The third-order valence-electron chi connectivity index (χ3n) is 4.58. The van der Waals surface area contributed by atoms with Crippen molar-refractivity contribution >= 4 is 17.9 Å². The molecule has 0 atom stereocenters. The van der Waals surface area contributed by atoms with Gasteiger partial charge in [0, 0.05) is 17.0 Å². The minimum atomic E-state index is -1.23. The number of carbonyl (C=O) groups is 3. The molecule has 0 saturated heterocycles. The van der Waals surface area contributed by atoms with Gasteiger partial charge in [-0.1, -0.05) is 23.4 Å². The fourth-order valence-electron chi connectivity index (χ4n) is 3.37. The Morgan fingerprint density at radius 3 is 2.33 bits per heavy atom. The van der Waals surface area contributed by atoms with Crippen molar-refractivity contribution in [3.63, 3.8) is 0 Å². The minimum absolute atomic E-state index is 0.0736. The highest BCUT2D eigenvalue weighted by Gasteiger charge is 2.36. The zero-order valence-electron chi connectivity index (χ0n) is 16.4. The Hall–Kier alpha value is -3.95. The number of carbonyl (C=O) groups excluding carboxylic acids is 1.